The van der Waals surface area contributed by atoms with E-state index in [1.54, 1.807) is 7.11 Å². The first-order valence-electron chi connectivity index (χ1n) is 7.93. The van der Waals surface area contributed by atoms with Gasteiger partial charge in [0.25, 0.3) is 0 Å². The van der Waals surface area contributed by atoms with Gasteiger partial charge in [0.15, 0.2) is 0 Å². The van der Waals surface area contributed by atoms with Gasteiger partial charge < -0.3 is 4.74 Å². The quantitative estimate of drug-likeness (QED) is 0.563. The number of hydrogen-bond acceptors (Lipinski definition) is 1. The minimum absolute atomic E-state index is 0.910. The predicted molar refractivity (Wildman–Crippen MR) is 98.2 cm³/mol. The topological polar surface area (TPSA) is 9.23 Å². The number of rotatable bonds is 1. The van der Waals surface area contributed by atoms with Crippen molar-refractivity contribution in [1.82, 2.24) is 0 Å². The molecular formula is C20H34O. The molecule has 0 aliphatic heterocycles. The minimum Gasteiger partial charge on any atom is -0.497 e. The predicted octanol–water partition coefficient (Wildman–Crippen LogP) is 6.77. The number of hydrogen-bond donors (Lipinski definition) is 0. The average Bonchev–Trinajstić information content (AvgIpc) is 2.62. The van der Waals surface area contributed by atoms with E-state index >= 15 is 0 Å². The molecule has 120 valence electrons. The molecule has 0 spiro atoms. The van der Waals surface area contributed by atoms with Crippen molar-refractivity contribution in [3.63, 3.8) is 0 Å². The van der Waals surface area contributed by atoms with Crippen molar-refractivity contribution in [3.05, 3.63) is 66.2 Å². The summed E-state index contributed by atoms with van der Waals surface area (Å²) in [5.74, 6) is 0.910. The van der Waals surface area contributed by atoms with Crippen molar-refractivity contribution >= 4 is 0 Å². The highest BCUT2D eigenvalue weighted by molar-refractivity contribution is 5.20. The molecule has 2 aromatic rings. The first-order valence-corrected chi connectivity index (χ1v) is 7.93. The molecule has 1 nitrogen and oxygen atoms in total. The van der Waals surface area contributed by atoms with Crippen LogP contribution < -0.4 is 4.74 Å². The van der Waals surface area contributed by atoms with Gasteiger partial charge in [-0.15, -0.1) is 0 Å². The summed E-state index contributed by atoms with van der Waals surface area (Å²) >= 11 is 0. The van der Waals surface area contributed by atoms with E-state index < -0.39 is 0 Å². The fourth-order valence-corrected chi connectivity index (χ4v) is 1.09. The summed E-state index contributed by atoms with van der Waals surface area (Å²) in [6.07, 6.45) is 0. The normalized spacial score (nSPS) is 7.05. The van der Waals surface area contributed by atoms with Crippen molar-refractivity contribution in [2.75, 3.05) is 7.11 Å². The standard InChI is InChI=1S/C7H8O.C7H8.3C2H6/c1-8-7-5-3-2-4-6-7;1-7-5-3-2-4-6-7;3*1-2/h2-6H,1H3;2-6H,1H3;3*1-2H3. The summed E-state index contributed by atoms with van der Waals surface area (Å²) in [6.45, 7) is 14.1. The second-order valence-corrected chi connectivity index (χ2v) is 3.17. The van der Waals surface area contributed by atoms with E-state index in [2.05, 4.69) is 19.1 Å². The summed E-state index contributed by atoms with van der Waals surface area (Å²) in [4.78, 5) is 0. The second-order valence-electron chi connectivity index (χ2n) is 3.17. The fraction of sp³-hybridized carbons (Fsp3) is 0.400. The lowest BCUT2D eigenvalue weighted by molar-refractivity contribution is 0.415. The third-order valence-electron chi connectivity index (χ3n) is 1.92. The van der Waals surface area contributed by atoms with Gasteiger partial charge in [-0.1, -0.05) is 95.6 Å². The van der Waals surface area contributed by atoms with Crippen LogP contribution >= 0.6 is 0 Å². The molecule has 0 saturated carbocycles. The first kappa shape index (κ1) is 24.3. The van der Waals surface area contributed by atoms with E-state index in [-0.39, 0.29) is 0 Å². The van der Waals surface area contributed by atoms with Gasteiger partial charge >= 0.3 is 0 Å². The van der Waals surface area contributed by atoms with Crippen molar-refractivity contribution in [2.24, 2.45) is 0 Å². The van der Waals surface area contributed by atoms with Crippen LogP contribution in [0, 0.1) is 6.92 Å². The first-order chi connectivity index (χ1) is 10.3. The van der Waals surface area contributed by atoms with Crippen molar-refractivity contribution in [2.45, 2.75) is 48.5 Å². The highest BCUT2D eigenvalue weighted by Gasteiger charge is 1.80. The van der Waals surface area contributed by atoms with E-state index in [0.29, 0.717) is 0 Å². The maximum Gasteiger partial charge on any atom is 0.118 e. The largest absolute Gasteiger partial charge is 0.497 e. The van der Waals surface area contributed by atoms with Gasteiger partial charge in [0, 0.05) is 0 Å². The lowest BCUT2D eigenvalue weighted by Crippen LogP contribution is -1.78. The molecule has 0 amide bonds. The van der Waals surface area contributed by atoms with Crippen molar-refractivity contribution in [3.8, 4) is 5.75 Å². The Kier molecular flexibility index (Phi) is 27.0. The van der Waals surface area contributed by atoms with Crippen molar-refractivity contribution in [1.29, 1.82) is 0 Å². The SMILES string of the molecule is CC.CC.CC.COc1ccccc1.Cc1ccccc1. The number of aryl methyl sites for hydroxylation is 1. The van der Waals surface area contributed by atoms with E-state index in [1.807, 2.05) is 90.1 Å². The third-order valence-corrected chi connectivity index (χ3v) is 1.92. The van der Waals surface area contributed by atoms with E-state index in [4.69, 9.17) is 4.74 Å². The smallest absolute Gasteiger partial charge is 0.118 e. The third kappa shape index (κ3) is 18.2. The molecule has 0 saturated heterocycles. The Morgan fingerprint density at radius 2 is 0.905 bits per heavy atom. The lowest BCUT2D eigenvalue weighted by Gasteiger charge is -1.93. The molecule has 0 atom stereocenters. The zero-order valence-corrected chi connectivity index (χ0v) is 15.2. The van der Waals surface area contributed by atoms with Crippen molar-refractivity contribution < 1.29 is 4.74 Å². The van der Waals surface area contributed by atoms with Crippen LogP contribution in [-0.4, -0.2) is 7.11 Å². The number of para-hydroxylation sites is 1. The molecule has 0 N–H and O–H groups in total. The maximum absolute atomic E-state index is 4.91. The molecular weight excluding hydrogens is 256 g/mol. The molecule has 1 heteroatoms. The molecule has 21 heavy (non-hydrogen) atoms. The minimum atomic E-state index is 0.910. The molecule has 2 aromatic carbocycles. The summed E-state index contributed by atoms with van der Waals surface area (Å²) in [6, 6.07) is 19.9. The molecule has 0 unspecified atom stereocenters. The van der Waals surface area contributed by atoms with E-state index in [9.17, 15) is 0 Å². The monoisotopic (exact) mass is 290 g/mol. The van der Waals surface area contributed by atoms with Gasteiger partial charge in [0.2, 0.25) is 0 Å². The summed E-state index contributed by atoms with van der Waals surface area (Å²) in [7, 11) is 1.66. The Labute approximate surface area is 133 Å². The molecule has 0 fully saturated rings. The van der Waals surface area contributed by atoms with Gasteiger partial charge in [0.1, 0.15) is 5.75 Å². The highest BCUT2D eigenvalue weighted by Crippen LogP contribution is 2.05. The Bertz CT molecular complexity index is 354. The van der Waals surface area contributed by atoms with Gasteiger partial charge in [-0.05, 0) is 19.1 Å². The Hall–Kier alpha value is -1.76. The number of ether oxygens (including phenoxy) is 1. The van der Waals surface area contributed by atoms with Gasteiger partial charge in [-0.25, -0.2) is 0 Å². The van der Waals surface area contributed by atoms with Gasteiger partial charge in [0.05, 0.1) is 7.11 Å². The summed E-state index contributed by atoms with van der Waals surface area (Å²) < 4.78 is 4.91. The zero-order valence-electron chi connectivity index (χ0n) is 15.2. The maximum atomic E-state index is 4.91. The molecule has 0 heterocycles. The number of benzene rings is 2. The van der Waals surface area contributed by atoms with E-state index in [1.165, 1.54) is 5.56 Å². The van der Waals surface area contributed by atoms with Gasteiger partial charge in [-0.2, -0.15) is 0 Å². The molecule has 0 aliphatic carbocycles. The second kappa shape index (κ2) is 23.3. The zero-order chi connectivity index (χ0) is 16.9. The fourth-order valence-electron chi connectivity index (χ4n) is 1.09. The van der Waals surface area contributed by atoms with Crippen LogP contribution in [0.5, 0.6) is 5.75 Å². The lowest BCUT2D eigenvalue weighted by atomic mass is 10.2. The highest BCUT2D eigenvalue weighted by atomic mass is 16.5. The van der Waals surface area contributed by atoms with Crippen LogP contribution in [0.1, 0.15) is 47.1 Å². The van der Waals surface area contributed by atoms with Crippen LogP contribution in [-0.2, 0) is 0 Å². The molecule has 0 aromatic heterocycles. The Balaban J connectivity index is -0.000000229. The molecule has 0 bridgehead atoms. The summed E-state index contributed by atoms with van der Waals surface area (Å²) in [5, 5.41) is 0. The Morgan fingerprint density at radius 1 is 0.571 bits per heavy atom. The van der Waals surface area contributed by atoms with Crippen LogP contribution in [0.3, 0.4) is 0 Å². The number of methoxy groups -OCH3 is 1. The molecule has 0 aliphatic rings. The van der Waals surface area contributed by atoms with Crippen LogP contribution in [0.2, 0.25) is 0 Å². The van der Waals surface area contributed by atoms with Gasteiger partial charge in [-0.3, -0.25) is 0 Å². The summed E-state index contributed by atoms with van der Waals surface area (Å²) in [5.41, 5.74) is 1.32. The average molecular weight is 290 g/mol. The van der Waals surface area contributed by atoms with E-state index in [0.717, 1.165) is 5.75 Å². The Morgan fingerprint density at radius 3 is 1.10 bits per heavy atom. The van der Waals surface area contributed by atoms with Crippen LogP contribution in [0.4, 0.5) is 0 Å². The molecule has 2 rings (SSSR count). The van der Waals surface area contributed by atoms with Crippen LogP contribution in [0.15, 0.2) is 60.7 Å². The molecule has 0 radical (unpaired) electrons. The van der Waals surface area contributed by atoms with Crippen LogP contribution in [0.25, 0.3) is 0 Å².